The topological polar surface area (TPSA) is 44.0 Å². The molecule has 3 rings (SSSR count). The Morgan fingerprint density at radius 3 is 2.95 bits per heavy atom. The fourth-order valence-electron chi connectivity index (χ4n) is 2.36. The van der Waals surface area contributed by atoms with Gasteiger partial charge in [-0.15, -0.1) is 0 Å². The highest BCUT2D eigenvalue weighted by Crippen LogP contribution is 2.26. The molecule has 0 amide bonds. The lowest BCUT2D eigenvalue weighted by Crippen LogP contribution is -2.28. The van der Waals surface area contributed by atoms with Crippen LogP contribution in [0.25, 0.3) is 11.3 Å². The van der Waals surface area contributed by atoms with Crippen molar-refractivity contribution in [1.82, 2.24) is 15.5 Å². The minimum absolute atomic E-state index is 0.257. The van der Waals surface area contributed by atoms with Gasteiger partial charge in [-0.25, -0.2) is 4.39 Å². The standard InChI is InChI=1S/C14H16BrFN4/c15-11-8-10(2-3-12(11)16)13-9-14(19-18-13)20-6-1-4-17-5-7-20/h2-3,8-9,17H,1,4-7H2,(H,18,19). The molecular formula is C14H16BrFN4. The molecule has 4 nitrogen and oxygen atoms in total. The van der Waals surface area contributed by atoms with Crippen molar-refractivity contribution in [2.24, 2.45) is 0 Å². The summed E-state index contributed by atoms with van der Waals surface area (Å²) in [6, 6.07) is 6.98. The van der Waals surface area contributed by atoms with Crippen molar-refractivity contribution >= 4 is 21.7 Å². The summed E-state index contributed by atoms with van der Waals surface area (Å²) in [6.45, 7) is 3.99. The van der Waals surface area contributed by atoms with E-state index < -0.39 is 0 Å². The third-order valence-electron chi connectivity index (χ3n) is 3.46. The van der Waals surface area contributed by atoms with Crippen LogP contribution in [0.2, 0.25) is 0 Å². The first-order valence-electron chi connectivity index (χ1n) is 6.70. The van der Waals surface area contributed by atoms with Gasteiger partial charge in [-0.3, -0.25) is 5.10 Å². The van der Waals surface area contributed by atoms with Crippen molar-refractivity contribution in [3.63, 3.8) is 0 Å². The Morgan fingerprint density at radius 2 is 2.10 bits per heavy atom. The first-order chi connectivity index (χ1) is 9.74. The van der Waals surface area contributed by atoms with Crippen molar-refractivity contribution in [3.05, 3.63) is 34.6 Å². The Bertz CT molecular complexity index is 591. The Hall–Kier alpha value is -1.40. The van der Waals surface area contributed by atoms with Crippen molar-refractivity contribution < 1.29 is 4.39 Å². The van der Waals surface area contributed by atoms with Crippen LogP contribution in [0, 0.1) is 5.82 Å². The minimum Gasteiger partial charge on any atom is -0.354 e. The number of rotatable bonds is 2. The highest BCUT2D eigenvalue weighted by molar-refractivity contribution is 9.10. The molecule has 0 radical (unpaired) electrons. The molecule has 0 saturated carbocycles. The number of aromatic nitrogens is 2. The van der Waals surface area contributed by atoms with Crippen LogP contribution in [-0.4, -0.2) is 36.4 Å². The number of hydrogen-bond acceptors (Lipinski definition) is 3. The first-order valence-corrected chi connectivity index (χ1v) is 7.50. The lowest BCUT2D eigenvalue weighted by Gasteiger charge is -2.18. The van der Waals surface area contributed by atoms with E-state index in [4.69, 9.17) is 0 Å². The van der Waals surface area contributed by atoms with Gasteiger partial charge in [0.25, 0.3) is 0 Å². The first kappa shape index (κ1) is 13.6. The fraction of sp³-hybridized carbons (Fsp3) is 0.357. The van der Waals surface area contributed by atoms with Crippen LogP contribution < -0.4 is 10.2 Å². The zero-order valence-electron chi connectivity index (χ0n) is 11.0. The smallest absolute Gasteiger partial charge is 0.151 e. The van der Waals surface area contributed by atoms with Gasteiger partial charge in [-0.2, -0.15) is 5.10 Å². The molecule has 0 atom stereocenters. The van der Waals surface area contributed by atoms with Gasteiger partial charge >= 0.3 is 0 Å². The maximum absolute atomic E-state index is 13.3. The molecule has 1 fully saturated rings. The second-order valence-electron chi connectivity index (χ2n) is 4.86. The molecule has 0 unspecified atom stereocenters. The summed E-state index contributed by atoms with van der Waals surface area (Å²) in [5, 5.41) is 10.8. The fourth-order valence-corrected chi connectivity index (χ4v) is 2.74. The molecule has 0 aliphatic carbocycles. The Balaban J connectivity index is 1.83. The third-order valence-corrected chi connectivity index (χ3v) is 4.07. The Labute approximate surface area is 125 Å². The maximum Gasteiger partial charge on any atom is 0.151 e. The summed E-state index contributed by atoms with van der Waals surface area (Å²) in [6.07, 6.45) is 1.12. The largest absolute Gasteiger partial charge is 0.354 e. The van der Waals surface area contributed by atoms with E-state index >= 15 is 0 Å². The number of nitrogens with one attached hydrogen (secondary N) is 2. The van der Waals surface area contributed by atoms with Crippen molar-refractivity contribution in [3.8, 4) is 11.3 Å². The average molecular weight is 339 g/mol. The van der Waals surface area contributed by atoms with Crippen LogP contribution in [0.4, 0.5) is 10.2 Å². The monoisotopic (exact) mass is 338 g/mol. The molecular weight excluding hydrogens is 323 g/mol. The van der Waals surface area contributed by atoms with E-state index in [2.05, 4.69) is 36.3 Å². The lowest BCUT2D eigenvalue weighted by atomic mass is 10.1. The maximum atomic E-state index is 13.3. The number of H-pyrrole nitrogens is 1. The molecule has 0 bridgehead atoms. The third kappa shape index (κ3) is 2.86. The molecule has 1 aliphatic heterocycles. The van der Waals surface area contributed by atoms with Crippen molar-refractivity contribution in [1.29, 1.82) is 0 Å². The van der Waals surface area contributed by atoms with E-state index in [1.165, 1.54) is 6.07 Å². The van der Waals surface area contributed by atoms with Gasteiger partial charge in [0.15, 0.2) is 5.82 Å². The SMILES string of the molecule is Fc1ccc(-c2cc(N3CCCNCC3)n[nH]2)cc1Br. The zero-order chi connectivity index (χ0) is 13.9. The summed E-state index contributed by atoms with van der Waals surface area (Å²) >= 11 is 3.21. The molecule has 6 heteroatoms. The number of benzene rings is 1. The second kappa shape index (κ2) is 5.93. The van der Waals surface area contributed by atoms with Crippen LogP contribution >= 0.6 is 15.9 Å². The van der Waals surface area contributed by atoms with Crippen LogP contribution in [0.1, 0.15) is 6.42 Å². The summed E-state index contributed by atoms with van der Waals surface area (Å²) in [5.41, 5.74) is 1.82. The molecule has 106 valence electrons. The molecule has 1 aromatic carbocycles. The Morgan fingerprint density at radius 1 is 1.20 bits per heavy atom. The molecule has 2 aromatic rings. The van der Waals surface area contributed by atoms with Gasteiger partial charge in [0.1, 0.15) is 5.82 Å². The summed E-state index contributed by atoms with van der Waals surface area (Å²) in [5.74, 6) is 0.691. The summed E-state index contributed by atoms with van der Waals surface area (Å²) in [4.78, 5) is 2.26. The van der Waals surface area contributed by atoms with Gasteiger partial charge in [0, 0.05) is 31.3 Å². The number of nitrogens with zero attached hydrogens (tertiary/aromatic N) is 2. The van der Waals surface area contributed by atoms with E-state index in [1.807, 2.05) is 6.07 Å². The van der Waals surface area contributed by atoms with E-state index in [9.17, 15) is 4.39 Å². The van der Waals surface area contributed by atoms with Crippen molar-refractivity contribution in [2.75, 3.05) is 31.1 Å². The molecule has 2 N–H and O–H groups in total. The molecule has 1 aliphatic rings. The lowest BCUT2D eigenvalue weighted by molar-refractivity contribution is 0.621. The van der Waals surface area contributed by atoms with Crippen LogP contribution in [0.5, 0.6) is 0 Å². The molecule has 0 spiro atoms. The van der Waals surface area contributed by atoms with Crippen LogP contribution in [0.3, 0.4) is 0 Å². The van der Waals surface area contributed by atoms with Gasteiger partial charge in [0.2, 0.25) is 0 Å². The second-order valence-corrected chi connectivity index (χ2v) is 5.71. The van der Waals surface area contributed by atoms with Crippen LogP contribution in [0.15, 0.2) is 28.7 Å². The summed E-state index contributed by atoms with van der Waals surface area (Å²) in [7, 11) is 0. The van der Waals surface area contributed by atoms with Gasteiger partial charge < -0.3 is 10.2 Å². The molecule has 1 saturated heterocycles. The minimum atomic E-state index is -0.257. The summed E-state index contributed by atoms with van der Waals surface area (Å²) < 4.78 is 13.7. The molecule has 2 heterocycles. The zero-order valence-corrected chi connectivity index (χ0v) is 12.6. The molecule has 1 aromatic heterocycles. The Kier molecular flexibility index (Phi) is 4.03. The van der Waals surface area contributed by atoms with Gasteiger partial charge in [-0.1, -0.05) is 0 Å². The number of anilines is 1. The number of aromatic amines is 1. The predicted molar refractivity (Wildman–Crippen MR) is 81.4 cm³/mol. The van der Waals surface area contributed by atoms with Crippen molar-refractivity contribution in [2.45, 2.75) is 6.42 Å². The van der Waals surface area contributed by atoms with Crippen LogP contribution in [-0.2, 0) is 0 Å². The van der Waals surface area contributed by atoms with Gasteiger partial charge in [0.05, 0.1) is 10.2 Å². The number of halogens is 2. The van der Waals surface area contributed by atoms with Gasteiger partial charge in [-0.05, 0) is 47.1 Å². The molecule has 20 heavy (non-hydrogen) atoms. The van der Waals surface area contributed by atoms with E-state index in [0.717, 1.165) is 49.7 Å². The highest BCUT2D eigenvalue weighted by Gasteiger charge is 2.13. The van der Waals surface area contributed by atoms with E-state index in [-0.39, 0.29) is 5.82 Å². The van der Waals surface area contributed by atoms with E-state index in [0.29, 0.717) is 4.47 Å². The normalized spacial score (nSPS) is 16.2. The number of hydrogen-bond donors (Lipinski definition) is 2. The average Bonchev–Trinajstić information content (AvgIpc) is 2.78. The predicted octanol–water partition coefficient (Wildman–Crippen LogP) is 2.78. The van der Waals surface area contributed by atoms with E-state index in [1.54, 1.807) is 12.1 Å². The highest BCUT2D eigenvalue weighted by atomic mass is 79.9. The quantitative estimate of drug-likeness (QED) is 0.884.